The Kier molecular flexibility index (Phi) is 8.37. The minimum Gasteiger partial charge on any atom is -0.292 e. The molecule has 41 heavy (non-hydrogen) atoms. The molecule has 3 aliphatic rings. The van der Waals surface area contributed by atoms with Gasteiger partial charge in [0.2, 0.25) is 0 Å². The van der Waals surface area contributed by atoms with Gasteiger partial charge >= 0.3 is 0 Å². The van der Waals surface area contributed by atoms with Crippen molar-refractivity contribution in [2.45, 2.75) is 26.5 Å². The SMILES string of the molecule is O=C(c1ccc(Cl)cc1)[C@H](CCCl)N(C(=O)c1ccc(Cl)cc1)N1C(=O)[C@H]2[C@H](C1=O)[C@@]1(Cl)C(Cl)=C(Cl)[C@@]2(Cl)C1(Cl)Cl. The van der Waals surface area contributed by atoms with Crippen molar-refractivity contribution in [2.24, 2.45) is 11.8 Å². The molecule has 5 rings (SSSR count). The Morgan fingerprint density at radius 3 is 1.59 bits per heavy atom. The van der Waals surface area contributed by atoms with E-state index in [2.05, 4.69) is 0 Å². The van der Waals surface area contributed by atoms with Crippen LogP contribution in [0.4, 0.5) is 0 Å². The largest absolute Gasteiger partial charge is 0.292 e. The topological polar surface area (TPSA) is 74.8 Å². The molecule has 0 radical (unpaired) electrons. The molecule has 2 fully saturated rings. The highest BCUT2D eigenvalue weighted by Crippen LogP contribution is 2.77. The molecular formula is C26H15Cl9N2O4. The summed E-state index contributed by atoms with van der Waals surface area (Å²) in [7, 11) is 0. The van der Waals surface area contributed by atoms with Gasteiger partial charge in [-0.3, -0.25) is 19.2 Å². The lowest BCUT2D eigenvalue weighted by atomic mass is 9.84. The van der Waals surface area contributed by atoms with Crippen molar-refractivity contribution in [2.75, 3.05) is 5.88 Å². The number of hydrogen-bond acceptors (Lipinski definition) is 4. The van der Waals surface area contributed by atoms with Crippen molar-refractivity contribution >= 4 is 128 Å². The van der Waals surface area contributed by atoms with Gasteiger partial charge < -0.3 is 0 Å². The van der Waals surface area contributed by atoms with E-state index in [1.807, 2.05) is 0 Å². The van der Waals surface area contributed by atoms with Gasteiger partial charge in [0.25, 0.3) is 17.7 Å². The van der Waals surface area contributed by atoms with Crippen LogP contribution in [0.3, 0.4) is 0 Å². The number of fused-ring (bicyclic) bond motifs is 5. The molecule has 3 amide bonds. The third kappa shape index (κ3) is 4.27. The fourth-order valence-corrected chi connectivity index (χ4v) is 8.95. The number of Topliss-reactive ketones (excluding diaryl/α,β-unsaturated/α-hetero) is 1. The standard InChI is InChI=1S/C26H15Cl9N2O4/c27-10-9-15(18(38)11-1-5-13(28)6-2-11)36(21(39)12-3-7-14(29)8-4-12)37-22(40)16-17(23(37)41)25(33)20(31)19(30)24(16,32)26(25,34)35/h1-8,15-17H,9-10H2/t15-,16+,17+,24+,25+/m0/s1. The maximum Gasteiger partial charge on any atom is 0.273 e. The lowest BCUT2D eigenvalue weighted by molar-refractivity contribution is -0.157. The second kappa shape index (κ2) is 10.9. The van der Waals surface area contributed by atoms with Gasteiger partial charge in [-0.2, -0.15) is 5.01 Å². The van der Waals surface area contributed by atoms with Gasteiger partial charge in [-0.05, 0) is 55.0 Å². The summed E-state index contributed by atoms with van der Waals surface area (Å²) in [6.45, 7) is 0. The summed E-state index contributed by atoms with van der Waals surface area (Å²) in [6, 6.07) is 10.0. The summed E-state index contributed by atoms with van der Waals surface area (Å²) < 4.78 is -2.18. The van der Waals surface area contributed by atoms with Crippen LogP contribution < -0.4 is 0 Å². The monoisotopic (exact) mass is 734 g/mol. The van der Waals surface area contributed by atoms with E-state index < -0.39 is 55.5 Å². The molecule has 1 aliphatic heterocycles. The Morgan fingerprint density at radius 1 is 0.756 bits per heavy atom. The molecule has 1 heterocycles. The van der Waals surface area contributed by atoms with Crippen molar-refractivity contribution in [1.29, 1.82) is 0 Å². The zero-order valence-corrected chi connectivity index (χ0v) is 27.0. The Bertz CT molecular complexity index is 1470. The van der Waals surface area contributed by atoms with Gasteiger partial charge in [-0.1, -0.05) is 69.6 Å². The third-order valence-corrected chi connectivity index (χ3v) is 12.5. The van der Waals surface area contributed by atoms with Crippen molar-refractivity contribution in [3.8, 4) is 0 Å². The predicted molar refractivity (Wildman–Crippen MR) is 162 cm³/mol. The number of halogens is 9. The average molecular weight is 738 g/mol. The quantitative estimate of drug-likeness (QED) is 0.166. The number of rotatable bonds is 7. The highest BCUT2D eigenvalue weighted by Gasteiger charge is 2.88. The Hall–Kier alpha value is -0.930. The highest BCUT2D eigenvalue weighted by molar-refractivity contribution is 6.66. The lowest BCUT2D eigenvalue weighted by Crippen LogP contribution is -2.60. The first kappa shape index (κ1) is 31.5. The zero-order chi connectivity index (χ0) is 30.2. The van der Waals surface area contributed by atoms with Crippen LogP contribution in [-0.2, 0) is 9.59 Å². The van der Waals surface area contributed by atoms with Crippen LogP contribution >= 0.6 is 104 Å². The van der Waals surface area contributed by atoms with Crippen LogP contribution in [0.2, 0.25) is 10.0 Å². The second-order valence-electron chi connectivity index (χ2n) is 9.59. The second-order valence-corrected chi connectivity index (χ2v) is 14.1. The number of alkyl halides is 5. The molecule has 2 bridgehead atoms. The summed E-state index contributed by atoms with van der Waals surface area (Å²) in [5.74, 6) is -6.68. The van der Waals surface area contributed by atoms with Crippen LogP contribution in [-0.4, -0.2) is 59.5 Å². The molecule has 0 aromatic heterocycles. The van der Waals surface area contributed by atoms with Crippen molar-refractivity contribution in [1.82, 2.24) is 10.0 Å². The molecule has 15 heteroatoms. The van der Waals surface area contributed by atoms with Crippen molar-refractivity contribution in [3.05, 3.63) is 79.8 Å². The van der Waals surface area contributed by atoms with E-state index >= 15 is 0 Å². The van der Waals surface area contributed by atoms with E-state index in [9.17, 15) is 19.2 Å². The smallest absolute Gasteiger partial charge is 0.273 e. The van der Waals surface area contributed by atoms with Gasteiger partial charge in [0, 0.05) is 27.1 Å². The van der Waals surface area contributed by atoms with E-state index in [-0.39, 0.29) is 33.5 Å². The maximum absolute atomic E-state index is 14.2. The molecular weight excluding hydrogens is 723 g/mol. The van der Waals surface area contributed by atoms with Crippen LogP contribution in [0, 0.1) is 11.8 Å². The zero-order valence-electron chi connectivity index (χ0n) is 20.2. The molecule has 0 unspecified atom stereocenters. The number of imide groups is 1. The molecule has 0 spiro atoms. The Labute approximate surface area is 279 Å². The number of carbonyl (C=O) groups is 4. The lowest BCUT2D eigenvalue weighted by Gasteiger charge is -2.39. The minimum absolute atomic E-state index is 0.0120. The summed E-state index contributed by atoms with van der Waals surface area (Å²) >= 11 is 57.8. The highest BCUT2D eigenvalue weighted by atomic mass is 35.5. The number of amides is 3. The normalized spacial score (nSPS) is 28.8. The van der Waals surface area contributed by atoms with Crippen molar-refractivity contribution in [3.63, 3.8) is 0 Å². The number of nitrogens with zero attached hydrogens (tertiary/aromatic N) is 2. The molecule has 1 saturated carbocycles. The van der Waals surface area contributed by atoms with Gasteiger partial charge in [-0.25, -0.2) is 5.01 Å². The average Bonchev–Trinajstić information content (AvgIpc) is 3.32. The number of carbonyl (C=O) groups excluding carboxylic acids is 4. The first-order chi connectivity index (χ1) is 19.2. The molecule has 2 aromatic rings. The predicted octanol–water partition coefficient (Wildman–Crippen LogP) is 7.68. The third-order valence-electron chi connectivity index (χ3n) is 7.51. The van der Waals surface area contributed by atoms with Gasteiger partial charge in [0.1, 0.15) is 15.8 Å². The van der Waals surface area contributed by atoms with Crippen LogP contribution in [0.5, 0.6) is 0 Å². The molecule has 216 valence electrons. The van der Waals surface area contributed by atoms with E-state index in [0.717, 1.165) is 5.01 Å². The van der Waals surface area contributed by atoms with Crippen LogP contribution in [0.25, 0.3) is 0 Å². The Morgan fingerprint density at radius 2 is 1.17 bits per heavy atom. The number of hydrogen-bond donors (Lipinski definition) is 0. The summed E-state index contributed by atoms with van der Waals surface area (Å²) in [5, 5.41) is 1.41. The fourth-order valence-electron chi connectivity index (χ4n) is 5.56. The molecule has 1 saturated heterocycles. The molecule has 5 atom stereocenters. The number of benzene rings is 2. The maximum atomic E-state index is 14.2. The molecule has 2 aromatic carbocycles. The van der Waals surface area contributed by atoms with Gasteiger partial charge in [-0.15, -0.1) is 34.8 Å². The van der Waals surface area contributed by atoms with E-state index in [4.69, 9.17) is 104 Å². The van der Waals surface area contributed by atoms with Crippen LogP contribution in [0.15, 0.2) is 58.6 Å². The first-order valence-electron chi connectivity index (χ1n) is 11.8. The Balaban J connectivity index is 1.67. The van der Waals surface area contributed by atoms with Gasteiger partial charge in [0.15, 0.2) is 10.1 Å². The summed E-state index contributed by atoms with van der Waals surface area (Å²) in [5.41, 5.74) is 0.159. The van der Waals surface area contributed by atoms with E-state index in [1.165, 1.54) is 48.5 Å². The molecule has 2 aliphatic carbocycles. The number of allylic oxidation sites excluding steroid dienone is 2. The van der Waals surface area contributed by atoms with E-state index in [0.29, 0.717) is 15.1 Å². The molecule has 6 nitrogen and oxygen atoms in total. The van der Waals surface area contributed by atoms with E-state index in [1.54, 1.807) is 0 Å². The molecule has 0 N–H and O–H groups in total. The minimum atomic E-state index is -2.18. The number of ketones is 1. The summed E-state index contributed by atoms with van der Waals surface area (Å²) in [6.07, 6.45) is -0.151. The number of hydrazine groups is 1. The fraction of sp³-hybridized carbons (Fsp3) is 0.308. The first-order valence-corrected chi connectivity index (χ1v) is 15.4. The van der Waals surface area contributed by atoms with Gasteiger partial charge in [0.05, 0.1) is 21.9 Å². The van der Waals surface area contributed by atoms with Crippen LogP contribution in [0.1, 0.15) is 27.1 Å². The summed E-state index contributed by atoms with van der Waals surface area (Å²) in [4.78, 5) is 52.1. The van der Waals surface area contributed by atoms with Crippen molar-refractivity contribution < 1.29 is 19.2 Å².